The molecule has 2 aromatic rings. The Kier molecular flexibility index (Phi) is 4.55. The van der Waals surface area contributed by atoms with E-state index in [1.54, 1.807) is 6.92 Å². The number of rotatable bonds is 5. The number of hydrogen-bond acceptors (Lipinski definition) is 4. The van der Waals surface area contributed by atoms with E-state index in [4.69, 9.17) is 9.63 Å². The second kappa shape index (κ2) is 6.38. The van der Waals surface area contributed by atoms with Crippen LogP contribution in [-0.2, 0) is 4.79 Å². The Morgan fingerprint density at radius 1 is 1.41 bits per heavy atom. The van der Waals surface area contributed by atoms with Crippen molar-refractivity contribution in [3.8, 4) is 0 Å². The average molecular weight is 306 g/mol. The molecule has 1 unspecified atom stereocenters. The van der Waals surface area contributed by atoms with Crippen LogP contribution in [0, 0.1) is 18.7 Å². The minimum absolute atomic E-state index is 0.101. The average Bonchev–Trinajstić information content (AvgIpc) is 2.90. The zero-order valence-corrected chi connectivity index (χ0v) is 12.1. The number of halogens is 1. The van der Waals surface area contributed by atoms with E-state index >= 15 is 0 Å². The van der Waals surface area contributed by atoms with Crippen molar-refractivity contribution in [3.05, 3.63) is 47.5 Å². The molecule has 116 valence electrons. The third-order valence-corrected chi connectivity index (χ3v) is 3.09. The smallest absolute Gasteiger partial charge is 0.308 e. The van der Waals surface area contributed by atoms with Gasteiger partial charge in [-0.25, -0.2) is 4.39 Å². The normalized spacial score (nSPS) is 12.0. The monoisotopic (exact) mass is 306 g/mol. The number of carboxylic acid groups (broad SMARTS) is 1. The van der Waals surface area contributed by atoms with Crippen LogP contribution in [0.25, 0.3) is 0 Å². The zero-order chi connectivity index (χ0) is 16.3. The second-order valence-electron chi connectivity index (χ2n) is 4.96. The summed E-state index contributed by atoms with van der Waals surface area (Å²) < 4.78 is 18.2. The highest BCUT2D eigenvalue weighted by Gasteiger charge is 2.25. The minimum atomic E-state index is -1.04. The van der Waals surface area contributed by atoms with Gasteiger partial charge in [0, 0.05) is 18.2 Å². The molecule has 1 aromatic heterocycles. The first-order valence-corrected chi connectivity index (χ1v) is 6.62. The summed E-state index contributed by atoms with van der Waals surface area (Å²) in [5.41, 5.74) is 0.109. The first-order valence-electron chi connectivity index (χ1n) is 6.62. The topological polar surface area (TPSA) is 83.6 Å². The van der Waals surface area contributed by atoms with Crippen molar-refractivity contribution >= 4 is 17.7 Å². The van der Waals surface area contributed by atoms with Gasteiger partial charge >= 0.3 is 5.97 Å². The predicted octanol–water partition coefficient (Wildman–Crippen LogP) is 2.49. The molecule has 0 aliphatic rings. The van der Waals surface area contributed by atoms with Crippen molar-refractivity contribution in [3.63, 3.8) is 0 Å². The summed E-state index contributed by atoms with van der Waals surface area (Å²) in [5, 5.41) is 12.8. The molecule has 0 spiro atoms. The molecule has 22 heavy (non-hydrogen) atoms. The van der Waals surface area contributed by atoms with Crippen LogP contribution in [-0.4, -0.2) is 28.7 Å². The first kappa shape index (κ1) is 15.7. The molecule has 1 heterocycles. The standard InChI is InChI=1S/C15H15FN2O4/c1-9(15(20)21)8-18(13-6-10(2)22-17-13)14(19)11-4-3-5-12(16)7-11/h3-7,9H,8H2,1-2H3,(H,20,21). The highest BCUT2D eigenvalue weighted by molar-refractivity contribution is 6.05. The molecular weight excluding hydrogens is 291 g/mol. The SMILES string of the molecule is Cc1cc(N(CC(C)C(=O)O)C(=O)c2cccc(F)c2)no1. The molecule has 0 aliphatic heterocycles. The van der Waals surface area contributed by atoms with Crippen LogP contribution >= 0.6 is 0 Å². The number of carbonyl (C=O) groups excluding carboxylic acids is 1. The largest absolute Gasteiger partial charge is 0.481 e. The molecule has 1 aromatic carbocycles. The Morgan fingerprint density at radius 3 is 2.68 bits per heavy atom. The van der Waals surface area contributed by atoms with Crippen molar-refractivity contribution < 1.29 is 23.6 Å². The van der Waals surface area contributed by atoms with Gasteiger partial charge in [0.05, 0.1) is 5.92 Å². The van der Waals surface area contributed by atoms with E-state index in [0.29, 0.717) is 5.76 Å². The maximum absolute atomic E-state index is 13.3. The Balaban J connectivity index is 2.35. The maximum Gasteiger partial charge on any atom is 0.308 e. The van der Waals surface area contributed by atoms with Crippen molar-refractivity contribution in [1.82, 2.24) is 5.16 Å². The number of benzene rings is 1. The fourth-order valence-electron chi connectivity index (χ4n) is 1.89. The van der Waals surface area contributed by atoms with Gasteiger partial charge in [-0.2, -0.15) is 0 Å². The molecule has 0 saturated heterocycles. The summed E-state index contributed by atoms with van der Waals surface area (Å²) >= 11 is 0. The molecule has 1 N–H and O–H groups in total. The third-order valence-electron chi connectivity index (χ3n) is 3.09. The van der Waals surface area contributed by atoms with Gasteiger partial charge in [-0.1, -0.05) is 18.1 Å². The lowest BCUT2D eigenvalue weighted by atomic mass is 10.1. The first-order chi connectivity index (χ1) is 10.4. The molecule has 0 aliphatic carbocycles. The van der Waals surface area contributed by atoms with Crippen molar-refractivity contribution in [1.29, 1.82) is 0 Å². The molecule has 6 nitrogen and oxygen atoms in total. The van der Waals surface area contributed by atoms with Crippen LogP contribution in [0.5, 0.6) is 0 Å². The van der Waals surface area contributed by atoms with Crippen molar-refractivity contribution in [2.75, 3.05) is 11.4 Å². The summed E-state index contributed by atoms with van der Waals surface area (Å²) in [7, 11) is 0. The van der Waals surface area contributed by atoms with Gasteiger partial charge in [-0.15, -0.1) is 0 Å². The van der Waals surface area contributed by atoms with E-state index in [0.717, 1.165) is 6.07 Å². The van der Waals surface area contributed by atoms with Gasteiger partial charge in [0.2, 0.25) is 0 Å². The second-order valence-corrected chi connectivity index (χ2v) is 4.96. The number of carbonyl (C=O) groups is 2. The third kappa shape index (κ3) is 3.49. The summed E-state index contributed by atoms with van der Waals surface area (Å²) in [6.45, 7) is 3.03. The van der Waals surface area contributed by atoms with Gasteiger partial charge in [-0.05, 0) is 25.1 Å². The number of carboxylic acids is 1. The fourth-order valence-corrected chi connectivity index (χ4v) is 1.89. The number of aromatic nitrogens is 1. The van der Waals surface area contributed by atoms with E-state index in [1.165, 1.54) is 36.1 Å². The number of nitrogens with zero attached hydrogens (tertiary/aromatic N) is 2. The highest BCUT2D eigenvalue weighted by atomic mass is 19.1. The Morgan fingerprint density at radius 2 is 2.14 bits per heavy atom. The van der Waals surface area contributed by atoms with Gasteiger partial charge in [0.1, 0.15) is 11.6 Å². The van der Waals surface area contributed by atoms with Gasteiger partial charge in [0.15, 0.2) is 5.82 Å². The van der Waals surface area contributed by atoms with Crippen molar-refractivity contribution in [2.45, 2.75) is 13.8 Å². The molecule has 0 fully saturated rings. The molecule has 0 bridgehead atoms. The Hall–Kier alpha value is -2.70. The fraction of sp³-hybridized carbons (Fsp3) is 0.267. The van der Waals surface area contributed by atoms with Gasteiger partial charge < -0.3 is 9.63 Å². The van der Waals surface area contributed by atoms with Gasteiger partial charge in [-0.3, -0.25) is 14.5 Å². The molecular formula is C15H15FN2O4. The van der Waals surface area contributed by atoms with Crippen LogP contribution in [0.1, 0.15) is 23.0 Å². The molecule has 7 heteroatoms. The quantitative estimate of drug-likeness (QED) is 0.917. The number of aliphatic carboxylic acids is 1. The van der Waals surface area contributed by atoms with E-state index < -0.39 is 23.6 Å². The zero-order valence-electron chi connectivity index (χ0n) is 12.1. The van der Waals surface area contributed by atoms with Crippen molar-refractivity contribution in [2.24, 2.45) is 5.92 Å². The molecule has 2 rings (SSSR count). The number of hydrogen-bond donors (Lipinski definition) is 1. The number of anilines is 1. The molecule has 0 radical (unpaired) electrons. The highest BCUT2D eigenvalue weighted by Crippen LogP contribution is 2.19. The summed E-state index contributed by atoms with van der Waals surface area (Å²) in [6.07, 6.45) is 0. The van der Waals surface area contributed by atoms with E-state index in [2.05, 4.69) is 5.16 Å². The van der Waals surface area contributed by atoms with E-state index in [1.807, 2.05) is 0 Å². The predicted molar refractivity (Wildman–Crippen MR) is 76.1 cm³/mol. The van der Waals surface area contributed by atoms with Crippen LogP contribution in [0.3, 0.4) is 0 Å². The van der Waals surface area contributed by atoms with Crippen LogP contribution in [0.4, 0.5) is 10.2 Å². The van der Waals surface area contributed by atoms with E-state index in [9.17, 15) is 14.0 Å². The summed E-state index contributed by atoms with van der Waals surface area (Å²) in [5.74, 6) is -2.27. The van der Waals surface area contributed by atoms with Crippen LogP contribution in [0.2, 0.25) is 0 Å². The van der Waals surface area contributed by atoms with Crippen LogP contribution < -0.4 is 4.90 Å². The number of amides is 1. The van der Waals surface area contributed by atoms with E-state index in [-0.39, 0.29) is 17.9 Å². The minimum Gasteiger partial charge on any atom is -0.481 e. The Labute approximate surface area is 126 Å². The lowest BCUT2D eigenvalue weighted by Gasteiger charge is -2.21. The molecule has 1 atom stereocenters. The Bertz CT molecular complexity index is 698. The van der Waals surface area contributed by atoms with Crippen LogP contribution in [0.15, 0.2) is 34.9 Å². The number of aryl methyl sites for hydroxylation is 1. The van der Waals surface area contributed by atoms with Gasteiger partial charge in [0.25, 0.3) is 5.91 Å². The lowest BCUT2D eigenvalue weighted by Crippen LogP contribution is -2.37. The molecule has 1 amide bonds. The summed E-state index contributed by atoms with van der Waals surface area (Å²) in [6, 6.07) is 6.70. The maximum atomic E-state index is 13.3. The lowest BCUT2D eigenvalue weighted by molar-refractivity contribution is -0.140. The summed E-state index contributed by atoms with van der Waals surface area (Å²) in [4.78, 5) is 24.8. The molecule has 0 saturated carbocycles.